The first-order valence-electron chi connectivity index (χ1n) is 19.2. The van der Waals surface area contributed by atoms with E-state index in [0.29, 0.717) is 35.7 Å². The van der Waals surface area contributed by atoms with E-state index in [0.717, 1.165) is 46.0 Å². The number of nitriles is 1. The fourth-order valence-electron chi connectivity index (χ4n) is 5.47. The number of carbonyl (C=O) groups is 3. The molecule has 4 aromatic carbocycles. The number of nitrogens with zero attached hydrogens (tertiary/aromatic N) is 3. The summed E-state index contributed by atoms with van der Waals surface area (Å²) in [6.45, 7) is 4.90. The Bertz CT molecular complexity index is 3250. The van der Waals surface area contributed by atoms with Gasteiger partial charge in [-0.25, -0.2) is 19.2 Å². The number of methoxy groups -OCH3 is 1. The fourth-order valence-corrected chi connectivity index (χ4v) is 10.4. The number of fused-ring (bicyclic) bond motifs is 7. The number of alkyl halides is 1. The van der Waals surface area contributed by atoms with Crippen molar-refractivity contribution in [1.29, 1.82) is 5.26 Å². The second-order valence-corrected chi connectivity index (χ2v) is 26.0. The molecule has 0 radical (unpaired) electrons. The summed E-state index contributed by atoms with van der Waals surface area (Å²) >= 11 is 53.5. The first-order valence-corrected chi connectivity index (χ1v) is 27.7. The molecule has 11 nitrogen and oxygen atoms in total. The van der Waals surface area contributed by atoms with Crippen LogP contribution in [-0.4, -0.2) is 47.6 Å². The van der Waals surface area contributed by atoms with E-state index >= 15 is 0 Å². The van der Waals surface area contributed by atoms with Crippen molar-refractivity contribution in [3.05, 3.63) is 130 Å². The van der Waals surface area contributed by atoms with Crippen LogP contribution in [0.3, 0.4) is 0 Å². The Morgan fingerprint density at radius 1 is 0.857 bits per heavy atom. The van der Waals surface area contributed by atoms with Gasteiger partial charge in [0.25, 0.3) is 5.91 Å². The topological polar surface area (TPSA) is 188 Å². The largest absolute Gasteiger partial charge is 1.00 e. The predicted molar refractivity (Wildman–Crippen MR) is 284 cm³/mol. The Hall–Kier alpha value is -2.34. The molecule has 9 rings (SSSR count). The average Bonchev–Trinajstić information content (AvgIpc) is 3.93. The molecule has 0 bridgehead atoms. The first kappa shape index (κ1) is 62.0. The van der Waals surface area contributed by atoms with Crippen LogP contribution in [-0.2, 0) is 20.5 Å². The molecule has 0 saturated carbocycles. The number of thiophene rings is 3. The number of benzene rings is 4. The predicted octanol–water partition coefficient (Wildman–Crippen LogP) is 13.0. The van der Waals surface area contributed by atoms with Crippen molar-refractivity contribution in [1.82, 2.24) is 15.3 Å². The van der Waals surface area contributed by atoms with Gasteiger partial charge < -0.3 is 15.6 Å². The SMILES string of the molecule is CC(C)(C)[O-].COC(=O)c1sc2cccc(Cl)c2c1N.Clc1nc(Cl)c2sc3cccc(Cl)c3c2n1.N#Cc1c(F)cccc1Cl.O=C1Cc2c(sc3cccc(Cl)c23)C(=O)N1.O=P(Cl)(Cl)Cl.[2H]CF.[Na+]. The Morgan fingerprint density at radius 3 is 1.79 bits per heavy atom. The summed E-state index contributed by atoms with van der Waals surface area (Å²) in [5, 5.41) is 22.4. The number of rotatable bonds is 1. The second-order valence-electron chi connectivity index (χ2n) is 13.9. The van der Waals surface area contributed by atoms with Gasteiger partial charge in [-0.15, -0.1) is 39.6 Å². The molecule has 0 fully saturated rings. The van der Waals surface area contributed by atoms with Crippen molar-refractivity contribution in [2.75, 3.05) is 20.0 Å². The monoisotopic (exact) mass is 1220 g/mol. The third kappa shape index (κ3) is 18.5. The van der Waals surface area contributed by atoms with Gasteiger partial charge in [0.1, 0.15) is 22.3 Å². The standard InChI is InChI=1S/C11H6ClNO2S.C10H3Cl3N2S.C10H8ClNO2S.C7H3ClFN.C4H9O.CH3F.Cl3OP.Na/c12-6-2-1-3-7-9(6)5-4-8(14)13-11(15)10(5)16-7;11-4-2-1-3-5-6(4)7-8(16-5)9(12)15-10(13)14-7;1-14-10(13)9-8(12)7-5(11)3-2-4-6(7)15-9;8-6-2-1-3-7(9)5(6)4-10;1-4(2,3)5;1-2;1-5(2,3)4;/h1-3H,4H2,(H,13,14,15);1-3H;2-4H,12H2,1H3;1-3H;1-3H3;1H3;;/q;;;;-1;;;+1/i;;;;;1D;;. The maximum absolute atomic E-state index is 12.5. The zero-order valence-corrected chi connectivity index (χ0v) is 48.7. The minimum absolute atomic E-state index is 0. The van der Waals surface area contributed by atoms with E-state index in [2.05, 4.69) is 53.7 Å². The smallest absolute Gasteiger partial charge is 0.850 e. The van der Waals surface area contributed by atoms with Crippen molar-refractivity contribution >= 4 is 206 Å². The summed E-state index contributed by atoms with van der Waals surface area (Å²) in [5.74, 6) is -1.58. The molecule has 0 aliphatic carbocycles. The molecule has 4 aromatic heterocycles. The van der Waals surface area contributed by atoms with E-state index in [4.69, 9.17) is 82.0 Å². The van der Waals surface area contributed by atoms with Gasteiger partial charge in [0.2, 0.25) is 11.2 Å². The molecule has 70 heavy (non-hydrogen) atoms. The number of carbonyl (C=O) groups excluding carboxylic acids is 3. The van der Waals surface area contributed by atoms with Crippen molar-refractivity contribution in [3.8, 4) is 6.07 Å². The van der Waals surface area contributed by atoms with Crippen LogP contribution in [0, 0.1) is 17.1 Å². The number of ether oxygens (including phenoxy) is 1. The van der Waals surface area contributed by atoms with Gasteiger partial charge in [0, 0.05) is 35.3 Å². The molecule has 27 heteroatoms. The zero-order valence-electron chi connectivity index (χ0n) is 37.5. The molecule has 5 heterocycles. The summed E-state index contributed by atoms with van der Waals surface area (Å²) in [5.41, 5.74) is 6.88. The molecule has 8 aromatic rings. The van der Waals surface area contributed by atoms with Crippen LogP contribution in [0.2, 0.25) is 30.5 Å². The third-order valence-corrected chi connectivity index (χ3v) is 13.2. The number of hydrogen-bond acceptors (Lipinski definition) is 13. The van der Waals surface area contributed by atoms with E-state index in [1.807, 2.05) is 42.5 Å². The summed E-state index contributed by atoms with van der Waals surface area (Å²) in [6, 6.07) is 22.4. The van der Waals surface area contributed by atoms with Crippen molar-refractivity contribution in [2.24, 2.45) is 0 Å². The summed E-state index contributed by atoms with van der Waals surface area (Å²) in [6.07, 6.45) is 0.227. The molecule has 0 unspecified atom stereocenters. The minimum atomic E-state index is -3.22. The van der Waals surface area contributed by atoms with Gasteiger partial charge in [-0.3, -0.25) is 23.9 Å². The molecule has 0 atom stereocenters. The van der Waals surface area contributed by atoms with E-state index in [9.17, 15) is 32.8 Å². The van der Waals surface area contributed by atoms with Crippen LogP contribution in [0.1, 0.15) is 52.6 Å². The van der Waals surface area contributed by atoms with Crippen LogP contribution < -0.4 is 45.7 Å². The number of anilines is 1. The maximum atomic E-state index is 12.5. The zero-order chi connectivity index (χ0) is 52.8. The van der Waals surface area contributed by atoms with Crippen LogP contribution in [0.5, 0.6) is 0 Å². The quantitative estimate of drug-likeness (QED) is 0.0400. The van der Waals surface area contributed by atoms with Crippen LogP contribution >= 0.6 is 143 Å². The molecular formula is C43H32Cl9F2N5NaO6PS3. The van der Waals surface area contributed by atoms with Crippen molar-refractivity contribution < 1.29 is 68.5 Å². The average molecular weight is 1220 g/mol. The van der Waals surface area contributed by atoms with Crippen LogP contribution in [0.15, 0.2) is 72.8 Å². The number of halogens is 11. The molecule has 0 saturated heterocycles. The number of esters is 1. The fraction of sp³-hybridized carbons (Fsp3) is 0.163. The summed E-state index contributed by atoms with van der Waals surface area (Å²) in [4.78, 5) is 43.4. The number of amides is 2. The molecule has 2 amide bonds. The van der Waals surface area contributed by atoms with E-state index in [1.165, 1.54) is 59.3 Å². The molecule has 1 aliphatic heterocycles. The summed E-state index contributed by atoms with van der Waals surface area (Å²) < 4.78 is 45.9. The minimum Gasteiger partial charge on any atom is -0.850 e. The van der Waals surface area contributed by atoms with Gasteiger partial charge in [0.05, 0.1) is 57.9 Å². The number of imide groups is 1. The van der Waals surface area contributed by atoms with E-state index in [1.54, 1.807) is 39.0 Å². The molecule has 3 N–H and O–H groups in total. The maximum Gasteiger partial charge on any atom is 1.00 e. The normalized spacial score (nSPS) is 11.6. The van der Waals surface area contributed by atoms with Gasteiger partial charge in [-0.1, -0.05) is 103 Å². The third-order valence-electron chi connectivity index (χ3n) is 7.93. The van der Waals surface area contributed by atoms with Crippen molar-refractivity contribution in [2.45, 2.75) is 32.8 Å². The Morgan fingerprint density at radius 2 is 1.31 bits per heavy atom. The number of nitrogen functional groups attached to an aromatic ring is 1. The molecular weight excluding hydrogens is 1190 g/mol. The second kappa shape index (κ2) is 28.9. The summed E-state index contributed by atoms with van der Waals surface area (Å²) in [7, 11) is 0.327. The van der Waals surface area contributed by atoms with Gasteiger partial charge in [0.15, 0.2) is 5.15 Å². The van der Waals surface area contributed by atoms with Crippen molar-refractivity contribution in [3.63, 3.8) is 0 Å². The van der Waals surface area contributed by atoms with Gasteiger partial charge in [-0.05, 0) is 99.4 Å². The van der Waals surface area contributed by atoms with Crippen LogP contribution in [0.25, 0.3) is 40.5 Å². The van der Waals surface area contributed by atoms with E-state index in [-0.39, 0.29) is 63.7 Å². The number of hydrogen-bond donors (Lipinski definition) is 2. The van der Waals surface area contributed by atoms with Gasteiger partial charge in [-0.2, -0.15) is 5.26 Å². The van der Waals surface area contributed by atoms with Gasteiger partial charge >= 0.3 is 40.7 Å². The first-order chi connectivity index (χ1) is 32.6. The Labute approximate surface area is 479 Å². The Kier molecular flexibility index (Phi) is 25.6. The number of aromatic nitrogens is 2. The van der Waals surface area contributed by atoms with Crippen LogP contribution in [0.4, 0.5) is 14.5 Å². The molecule has 1 aliphatic rings. The Balaban J connectivity index is 0.000000301. The van der Waals surface area contributed by atoms with E-state index < -0.39 is 29.7 Å². The number of nitrogens with two attached hydrogens (primary N) is 1. The molecule has 366 valence electrons. The number of nitrogens with one attached hydrogen (secondary N) is 1. The molecule has 0 spiro atoms.